The summed E-state index contributed by atoms with van der Waals surface area (Å²) < 4.78 is 11.4. The van der Waals surface area contributed by atoms with Gasteiger partial charge in [-0.1, -0.05) is 19.3 Å². The molecule has 0 aromatic heterocycles. The molecule has 1 saturated carbocycles. The average Bonchev–Trinajstić information content (AvgIpc) is 1.88. The summed E-state index contributed by atoms with van der Waals surface area (Å²) >= 11 is 0. The van der Waals surface area contributed by atoms with Crippen molar-refractivity contribution in [3.8, 4) is 0 Å². The zero-order chi connectivity index (χ0) is 7.61. The molecule has 1 rings (SSSR count). The standard InChI is InChI=1S/C8H16OS/c1-10(2,9)8-6-4-3-5-7-8/h8H,1,3-7H2,2H3. The quantitative estimate of drug-likeness (QED) is 0.533. The van der Waals surface area contributed by atoms with Crippen LogP contribution >= 0.6 is 0 Å². The summed E-state index contributed by atoms with van der Waals surface area (Å²) in [6, 6.07) is 0. The van der Waals surface area contributed by atoms with Gasteiger partial charge in [0.2, 0.25) is 0 Å². The van der Waals surface area contributed by atoms with E-state index in [0.29, 0.717) is 5.25 Å². The topological polar surface area (TPSA) is 17.1 Å². The van der Waals surface area contributed by atoms with Crippen LogP contribution in [0, 0.1) is 0 Å². The summed E-state index contributed by atoms with van der Waals surface area (Å²) in [5.41, 5.74) is 0. The van der Waals surface area contributed by atoms with Crippen molar-refractivity contribution in [3.05, 3.63) is 0 Å². The SMILES string of the molecule is C=S(C)(=O)C1CCCCC1. The van der Waals surface area contributed by atoms with Crippen molar-refractivity contribution < 1.29 is 4.21 Å². The second-order valence-corrected chi connectivity index (χ2v) is 6.14. The van der Waals surface area contributed by atoms with Gasteiger partial charge in [0.1, 0.15) is 0 Å². The lowest BCUT2D eigenvalue weighted by atomic mass is 10.0. The van der Waals surface area contributed by atoms with Crippen LogP contribution in [0.25, 0.3) is 0 Å². The Labute approximate surface area is 63.8 Å². The Morgan fingerprint density at radius 3 is 2.10 bits per heavy atom. The van der Waals surface area contributed by atoms with Gasteiger partial charge in [0.05, 0.1) is 0 Å². The highest BCUT2D eigenvalue weighted by Gasteiger charge is 2.17. The summed E-state index contributed by atoms with van der Waals surface area (Å²) in [6.07, 6.45) is 7.91. The summed E-state index contributed by atoms with van der Waals surface area (Å²) in [5, 5.41) is 0.418. The van der Waals surface area contributed by atoms with Crippen molar-refractivity contribution in [1.82, 2.24) is 0 Å². The monoisotopic (exact) mass is 160 g/mol. The average molecular weight is 160 g/mol. The molecule has 0 spiro atoms. The molecule has 0 N–H and O–H groups in total. The van der Waals surface area contributed by atoms with E-state index in [9.17, 15) is 4.21 Å². The zero-order valence-electron chi connectivity index (χ0n) is 6.64. The molecular weight excluding hydrogens is 144 g/mol. The molecule has 1 aliphatic rings. The molecule has 0 amide bonds. The van der Waals surface area contributed by atoms with E-state index < -0.39 is 9.52 Å². The number of hydrogen-bond acceptors (Lipinski definition) is 1. The molecule has 0 bridgehead atoms. The van der Waals surface area contributed by atoms with Gasteiger partial charge < -0.3 is 0 Å². The Kier molecular flexibility index (Phi) is 2.40. The Hall–Kier alpha value is 0.0200. The Morgan fingerprint density at radius 1 is 1.30 bits per heavy atom. The first-order chi connectivity index (χ1) is 4.61. The smallest absolute Gasteiger partial charge is 0.0269 e. The molecule has 0 aromatic rings. The predicted molar refractivity (Wildman–Crippen MR) is 48.1 cm³/mol. The summed E-state index contributed by atoms with van der Waals surface area (Å²) in [7, 11) is -1.73. The molecule has 1 aliphatic carbocycles. The number of hydrogen-bond donors (Lipinski definition) is 0. The maximum Gasteiger partial charge on any atom is 0.0269 e. The van der Waals surface area contributed by atoms with Crippen LogP contribution in [-0.2, 0) is 9.52 Å². The van der Waals surface area contributed by atoms with Crippen molar-refractivity contribution in [2.75, 3.05) is 6.26 Å². The molecule has 0 radical (unpaired) electrons. The van der Waals surface area contributed by atoms with Crippen LogP contribution in [0.15, 0.2) is 0 Å². The van der Waals surface area contributed by atoms with Gasteiger partial charge in [0, 0.05) is 11.5 Å². The summed E-state index contributed by atoms with van der Waals surface area (Å²) in [6.45, 7) is 0. The lowest BCUT2D eigenvalue weighted by Crippen LogP contribution is -2.22. The van der Waals surface area contributed by atoms with Crippen LogP contribution < -0.4 is 0 Å². The minimum absolute atomic E-state index is 0.418. The number of rotatable bonds is 1. The highest BCUT2D eigenvalue weighted by atomic mass is 32.2. The van der Waals surface area contributed by atoms with Crippen molar-refractivity contribution in [3.63, 3.8) is 0 Å². The fourth-order valence-electron chi connectivity index (χ4n) is 1.56. The van der Waals surface area contributed by atoms with E-state index in [1.54, 1.807) is 6.26 Å². The first-order valence-corrected chi connectivity index (χ1v) is 6.11. The lowest BCUT2D eigenvalue weighted by Gasteiger charge is -2.22. The van der Waals surface area contributed by atoms with E-state index in [2.05, 4.69) is 5.87 Å². The molecular formula is C8H16OS. The third-order valence-electron chi connectivity index (χ3n) is 2.26. The molecule has 2 heteroatoms. The van der Waals surface area contributed by atoms with Gasteiger partial charge in [-0.3, -0.25) is 4.21 Å². The van der Waals surface area contributed by atoms with Gasteiger partial charge in [0.15, 0.2) is 0 Å². The first kappa shape index (κ1) is 8.12. The van der Waals surface area contributed by atoms with Crippen LogP contribution in [0.5, 0.6) is 0 Å². The molecule has 10 heavy (non-hydrogen) atoms. The largest absolute Gasteiger partial charge is 0.268 e. The van der Waals surface area contributed by atoms with E-state index >= 15 is 0 Å². The van der Waals surface area contributed by atoms with Gasteiger partial charge in [0.25, 0.3) is 0 Å². The molecule has 1 atom stereocenters. The Balaban J connectivity index is 2.56. The van der Waals surface area contributed by atoms with Crippen LogP contribution in [-0.4, -0.2) is 21.6 Å². The molecule has 0 aliphatic heterocycles. The molecule has 1 unspecified atom stereocenters. The van der Waals surface area contributed by atoms with Gasteiger partial charge in [-0.25, -0.2) is 0 Å². The Bertz CT molecular complexity index is 185. The molecule has 0 saturated heterocycles. The predicted octanol–water partition coefficient (Wildman–Crippen LogP) is 1.67. The third-order valence-corrected chi connectivity index (χ3v) is 4.14. The van der Waals surface area contributed by atoms with Crippen LogP contribution in [0.2, 0.25) is 0 Å². The molecule has 0 aromatic carbocycles. The van der Waals surface area contributed by atoms with Crippen LogP contribution in [0.1, 0.15) is 32.1 Å². The van der Waals surface area contributed by atoms with Crippen molar-refractivity contribution in [2.24, 2.45) is 0 Å². The van der Waals surface area contributed by atoms with Gasteiger partial charge in [-0.05, 0) is 28.2 Å². The fourth-order valence-corrected chi connectivity index (χ4v) is 2.89. The lowest BCUT2D eigenvalue weighted by molar-refractivity contribution is 0.505. The van der Waals surface area contributed by atoms with Crippen molar-refractivity contribution in [2.45, 2.75) is 37.4 Å². The fraction of sp³-hybridized carbons (Fsp3) is 0.875. The van der Waals surface area contributed by atoms with Crippen LogP contribution in [0.3, 0.4) is 0 Å². The molecule has 1 nitrogen and oxygen atoms in total. The van der Waals surface area contributed by atoms with E-state index in [1.165, 1.54) is 19.3 Å². The van der Waals surface area contributed by atoms with Crippen molar-refractivity contribution in [1.29, 1.82) is 0 Å². The normalized spacial score (nSPS) is 27.7. The molecule has 0 heterocycles. The Morgan fingerprint density at radius 2 is 1.80 bits per heavy atom. The third kappa shape index (κ3) is 2.01. The van der Waals surface area contributed by atoms with E-state index in [1.807, 2.05) is 0 Å². The maximum absolute atomic E-state index is 11.4. The molecule has 60 valence electrons. The van der Waals surface area contributed by atoms with E-state index in [4.69, 9.17) is 0 Å². The zero-order valence-corrected chi connectivity index (χ0v) is 7.45. The van der Waals surface area contributed by atoms with Crippen molar-refractivity contribution >= 4 is 15.4 Å². The van der Waals surface area contributed by atoms with Crippen LogP contribution in [0.4, 0.5) is 0 Å². The summed E-state index contributed by atoms with van der Waals surface area (Å²) in [5.74, 6) is 3.72. The summed E-state index contributed by atoms with van der Waals surface area (Å²) in [4.78, 5) is 0. The van der Waals surface area contributed by atoms with E-state index in [-0.39, 0.29) is 0 Å². The van der Waals surface area contributed by atoms with Gasteiger partial charge >= 0.3 is 0 Å². The van der Waals surface area contributed by atoms with Gasteiger partial charge in [-0.15, -0.1) is 0 Å². The van der Waals surface area contributed by atoms with E-state index in [0.717, 1.165) is 12.8 Å². The maximum atomic E-state index is 11.4. The minimum Gasteiger partial charge on any atom is -0.268 e. The van der Waals surface area contributed by atoms with Gasteiger partial charge in [-0.2, -0.15) is 0 Å². The second-order valence-electron chi connectivity index (χ2n) is 3.33. The minimum atomic E-state index is -1.73. The highest BCUT2D eigenvalue weighted by Crippen LogP contribution is 2.22. The second kappa shape index (κ2) is 2.95. The highest BCUT2D eigenvalue weighted by molar-refractivity contribution is 8.00. The first-order valence-electron chi connectivity index (χ1n) is 3.92. The molecule has 1 fully saturated rings.